The molecule has 6 heteroatoms. The van der Waals surface area contributed by atoms with Crippen molar-refractivity contribution >= 4 is 5.97 Å². The Bertz CT molecular complexity index is 519. The van der Waals surface area contributed by atoms with Gasteiger partial charge >= 0.3 is 5.97 Å². The molecule has 0 saturated heterocycles. The zero-order chi connectivity index (χ0) is 18.5. The number of methoxy groups -OCH3 is 1. The van der Waals surface area contributed by atoms with Crippen molar-refractivity contribution in [1.82, 2.24) is 0 Å². The Hall–Kier alpha value is -1.29. The van der Waals surface area contributed by atoms with Crippen LogP contribution in [0.1, 0.15) is 81.5 Å². The molecule has 0 heterocycles. The van der Waals surface area contributed by atoms with Crippen molar-refractivity contribution in [3.8, 4) is 17.2 Å². The number of carboxylic acids is 1. The number of phenols is 1. The zero-order valence-corrected chi connectivity index (χ0v) is 19.2. The van der Waals surface area contributed by atoms with E-state index in [4.69, 9.17) is 9.47 Å². The second kappa shape index (κ2) is 14.8. The maximum Gasteiger partial charge on any atom is 0.343 e. The van der Waals surface area contributed by atoms with Gasteiger partial charge in [0.05, 0.1) is 13.7 Å². The fourth-order valence-corrected chi connectivity index (χ4v) is 2.79. The number of benzene rings is 1. The van der Waals surface area contributed by atoms with Crippen LogP contribution >= 0.6 is 0 Å². The van der Waals surface area contributed by atoms with E-state index in [1.54, 1.807) is 0 Å². The third-order valence-corrected chi connectivity index (χ3v) is 4.26. The van der Waals surface area contributed by atoms with Crippen LogP contribution in [0.4, 0.5) is 0 Å². The number of unbranched alkanes of at least 4 members (excludes halogenated alkanes) is 9. The van der Waals surface area contributed by atoms with Crippen molar-refractivity contribution in [2.24, 2.45) is 0 Å². The number of carbonyl (C=O) groups is 1. The molecule has 0 fully saturated rings. The maximum atomic E-state index is 11.3. The van der Waals surface area contributed by atoms with Crippen LogP contribution in [0.25, 0.3) is 0 Å². The summed E-state index contributed by atoms with van der Waals surface area (Å²) in [7, 11) is 1.46. The molecule has 0 saturated carbocycles. The third-order valence-electron chi connectivity index (χ3n) is 4.26. The third kappa shape index (κ3) is 9.42. The molecule has 0 bridgehead atoms. The van der Waals surface area contributed by atoms with E-state index in [2.05, 4.69) is 6.92 Å². The first kappa shape index (κ1) is 24.7. The van der Waals surface area contributed by atoms with Gasteiger partial charge in [-0.1, -0.05) is 64.7 Å². The van der Waals surface area contributed by atoms with Crippen LogP contribution in [0, 0.1) is 0 Å². The van der Waals surface area contributed by atoms with Crippen LogP contribution in [0.3, 0.4) is 0 Å². The van der Waals surface area contributed by atoms with Crippen LogP contribution in [0.15, 0.2) is 12.1 Å². The minimum Gasteiger partial charge on any atom is -0.507 e. The number of hydrogen-bond donors (Lipinski definition) is 2. The van der Waals surface area contributed by atoms with Gasteiger partial charge < -0.3 is 19.7 Å². The van der Waals surface area contributed by atoms with Gasteiger partial charge in [-0.15, -0.1) is 0 Å². The summed E-state index contributed by atoms with van der Waals surface area (Å²) < 4.78 is 10.6. The van der Waals surface area contributed by atoms with Crippen molar-refractivity contribution in [2.45, 2.75) is 71.1 Å². The van der Waals surface area contributed by atoms with Gasteiger partial charge in [0.25, 0.3) is 0 Å². The molecule has 1 aromatic carbocycles. The minimum absolute atomic E-state index is 0. The molecule has 0 aliphatic rings. The minimum atomic E-state index is -1.21. The first-order valence-electron chi connectivity index (χ1n) is 9.37. The monoisotopic (exact) mass is 416 g/mol. The molecular formula is C20H32O5Zn. The average Bonchev–Trinajstić information content (AvgIpc) is 2.58. The molecule has 0 spiro atoms. The molecule has 1 rings (SSSR count). The van der Waals surface area contributed by atoms with Crippen molar-refractivity contribution in [3.63, 3.8) is 0 Å². The maximum absolute atomic E-state index is 11.3. The quantitative estimate of drug-likeness (QED) is 0.313. The summed E-state index contributed by atoms with van der Waals surface area (Å²) in [4.78, 5) is 11.3. The first-order valence-corrected chi connectivity index (χ1v) is 9.37. The van der Waals surface area contributed by atoms with Crippen molar-refractivity contribution in [2.75, 3.05) is 13.7 Å². The number of carboxylic acid groups (broad SMARTS) is 1. The molecule has 0 atom stereocenters. The van der Waals surface area contributed by atoms with Crippen LogP contribution in [0.5, 0.6) is 17.2 Å². The molecule has 26 heavy (non-hydrogen) atoms. The summed E-state index contributed by atoms with van der Waals surface area (Å²) in [5.74, 6) is -1.02. The molecule has 0 aromatic heterocycles. The number of rotatable bonds is 14. The van der Waals surface area contributed by atoms with Gasteiger partial charge in [-0.2, -0.15) is 0 Å². The van der Waals surface area contributed by atoms with Crippen LogP contribution in [-0.2, 0) is 19.5 Å². The topological polar surface area (TPSA) is 76.0 Å². The largest absolute Gasteiger partial charge is 0.507 e. The Morgan fingerprint density at radius 1 is 0.962 bits per heavy atom. The average molecular weight is 418 g/mol. The SMILES string of the molecule is CCCCCCCCCCCCOc1cc(OC)cc(O)c1C(=O)O.[Zn]. The van der Waals surface area contributed by atoms with Crippen LogP contribution < -0.4 is 9.47 Å². The number of hydrogen-bond acceptors (Lipinski definition) is 4. The van der Waals surface area contributed by atoms with E-state index in [9.17, 15) is 15.0 Å². The fraction of sp³-hybridized carbons (Fsp3) is 0.650. The normalized spacial score (nSPS) is 10.2. The Balaban J connectivity index is 0.00000625. The molecule has 2 N–H and O–H groups in total. The number of aromatic hydroxyl groups is 1. The van der Waals surface area contributed by atoms with E-state index >= 15 is 0 Å². The van der Waals surface area contributed by atoms with E-state index in [0.29, 0.717) is 12.4 Å². The fourth-order valence-electron chi connectivity index (χ4n) is 2.79. The van der Waals surface area contributed by atoms with Gasteiger partial charge in [-0.3, -0.25) is 0 Å². The van der Waals surface area contributed by atoms with E-state index in [1.807, 2.05) is 0 Å². The molecule has 0 aliphatic carbocycles. The van der Waals surface area contributed by atoms with Crippen molar-refractivity contribution in [3.05, 3.63) is 17.7 Å². The molecule has 144 valence electrons. The van der Waals surface area contributed by atoms with Gasteiger partial charge in [0.2, 0.25) is 0 Å². The predicted molar refractivity (Wildman–Crippen MR) is 99.0 cm³/mol. The Labute approximate surface area is 169 Å². The van der Waals surface area contributed by atoms with E-state index in [-0.39, 0.29) is 36.5 Å². The standard InChI is InChI=1S/C20H32O5.Zn/c1-3-4-5-6-7-8-9-10-11-12-13-25-18-15-16(24-2)14-17(21)19(18)20(22)23;/h14-15,21H,3-13H2,1-2H3,(H,22,23);. The molecule has 1 aromatic rings. The summed E-state index contributed by atoms with van der Waals surface area (Å²) in [6, 6.07) is 2.77. The second-order valence-electron chi connectivity index (χ2n) is 6.36. The Morgan fingerprint density at radius 2 is 1.50 bits per heavy atom. The molecular weight excluding hydrogens is 386 g/mol. The predicted octanol–water partition coefficient (Wildman–Crippen LogP) is 5.40. The molecule has 0 unspecified atom stereocenters. The molecule has 0 radical (unpaired) electrons. The Morgan fingerprint density at radius 3 is 2.00 bits per heavy atom. The van der Waals surface area contributed by atoms with Crippen LogP contribution in [-0.4, -0.2) is 29.9 Å². The van der Waals surface area contributed by atoms with Gasteiger partial charge in [0.1, 0.15) is 22.8 Å². The molecule has 5 nitrogen and oxygen atoms in total. The van der Waals surface area contributed by atoms with Crippen molar-refractivity contribution in [1.29, 1.82) is 0 Å². The first-order chi connectivity index (χ1) is 12.1. The summed E-state index contributed by atoms with van der Waals surface area (Å²) in [5, 5.41) is 19.0. The molecule has 0 aliphatic heterocycles. The summed E-state index contributed by atoms with van der Waals surface area (Å²) in [6.45, 7) is 2.66. The van der Waals surface area contributed by atoms with Gasteiger partial charge in [-0.05, 0) is 6.42 Å². The van der Waals surface area contributed by atoms with E-state index in [0.717, 1.165) is 12.8 Å². The number of ether oxygens (including phenoxy) is 2. The molecule has 0 amide bonds. The number of aromatic carboxylic acids is 1. The second-order valence-corrected chi connectivity index (χ2v) is 6.36. The van der Waals surface area contributed by atoms with Gasteiger partial charge in [0, 0.05) is 31.6 Å². The van der Waals surface area contributed by atoms with Crippen molar-refractivity contribution < 1.29 is 44.0 Å². The van der Waals surface area contributed by atoms with Gasteiger partial charge in [-0.25, -0.2) is 4.79 Å². The smallest absolute Gasteiger partial charge is 0.343 e. The summed E-state index contributed by atoms with van der Waals surface area (Å²) in [5.41, 5.74) is -0.215. The Kier molecular flexibility index (Phi) is 14.1. The van der Waals surface area contributed by atoms with E-state index in [1.165, 1.54) is 70.6 Å². The van der Waals surface area contributed by atoms with Gasteiger partial charge in [0.15, 0.2) is 0 Å². The van der Waals surface area contributed by atoms with Crippen LogP contribution in [0.2, 0.25) is 0 Å². The zero-order valence-electron chi connectivity index (χ0n) is 16.3. The summed E-state index contributed by atoms with van der Waals surface area (Å²) in [6.07, 6.45) is 12.3. The van der Waals surface area contributed by atoms with E-state index < -0.39 is 5.97 Å². The summed E-state index contributed by atoms with van der Waals surface area (Å²) >= 11 is 0.